The molecule has 8 heteroatoms. The lowest BCUT2D eigenvalue weighted by Crippen LogP contribution is -2.19. The highest BCUT2D eigenvalue weighted by Crippen LogP contribution is 2.18. The van der Waals surface area contributed by atoms with Crippen LogP contribution in [0.4, 0.5) is 11.9 Å². The maximum Gasteiger partial charge on any atom is 0.316 e. The van der Waals surface area contributed by atoms with Crippen LogP contribution in [-0.2, 0) is 9.53 Å². The summed E-state index contributed by atoms with van der Waals surface area (Å²) >= 11 is 1.23. The van der Waals surface area contributed by atoms with Crippen LogP contribution in [0.2, 0.25) is 0 Å². The van der Waals surface area contributed by atoms with Gasteiger partial charge in [-0.25, -0.2) is 0 Å². The lowest BCUT2D eigenvalue weighted by molar-refractivity contribution is -0.137. The van der Waals surface area contributed by atoms with Gasteiger partial charge in [-0.3, -0.25) is 4.79 Å². The minimum absolute atomic E-state index is 0.181. The van der Waals surface area contributed by atoms with Gasteiger partial charge in [0.1, 0.15) is 0 Å². The Morgan fingerprint density at radius 1 is 1.11 bits per heavy atom. The predicted molar refractivity (Wildman–Crippen MR) is 71.2 cm³/mol. The van der Waals surface area contributed by atoms with Crippen LogP contribution in [0.3, 0.4) is 0 Å². The van der Waals surface area contributed by atoms with E-state index in [4.69, 9.17) is 0 Å². The van der Waals surface area contributed by atoms with Crippen molar-refractivity contribution in [1.29, 1.82) is 0 Å². The Labute approximate surface area is 111 Å². The summed E-state index contributed by atoms with van der Waals surface area (Å²) < 4.78 is 4.58. The third kappa shape index (κ3) is 4.02. The van der Waals surface area contributed by atoms with E-state index < -0.39 is 0 Å². The molecule has 0 saturated carbocycles. The fraction of sp³-hybridized carbons (Fsp3) is 0.600. The molecule has 1 rings (SSSR count). The quantitative estimate of drug-likeness (QED) is 0.558. The zero-order chi connectivity index (χ0) is 13.7. The van der Waals surface area contributed by atoms with Crippen molar-refractivity contribution in [2.75, 3.05) is 50.9 Å². The number of ether oxygens (including phenoxy) is 1. The van der Waals surface area contributed by atoms with Crippen molar-refractivity contribution in [2.45, 2.75) is 5.16 Å². The minimum Gasteiger partial charge on any atom is -0.468 e. The molecule has 7 nitrogen and oxygen atoms in total. The van der Waals surface area contributed by atoms with Gasteiger partial charge in [-0.05, 0) is 0 Å². The number of esters is 1. The first kappa shape index (κ1) is 14.5. The molecule has 1 heterocycles. The van der Waals surface area contributed by atoms with Crippen molar-refractivity contribution in [3.05, 3.63) is 0 Å². The van der Waals surface area contributed by atoms with Crippen LogP contribution >= 0.6 is 11.8 Å². The molecule has 0 radical (unpaired) electrons. The summed E-state index contributed by atoms with van der Waals surface area (Å²) in [6.07, 6.45) is 0. The smallest absolute Gasteiger partial charge is 0.316 e. The second-order valence-corrected chi connectivity index (χ2v) is 4.81. The van der Waals surface area contributed by atoms with Gasteiger partial charge in [-0.1, -0.05) is 11.8 Å². The van der Waals surface area contributed by atoms with Crippen molar-refractivity contribution in [1.82, 2.24) is 15.0 Å². The highest BCUT2D eigenvalue weighted by Gasteiger charge is 2.11. The Hall–Kier alpha value is -1.57. The van der Waals surface area contributed by atoms with Crippen molar-refractivity contribution in [3.63, 3.8) is 0 Å². The van der Waals surface area contributed by atoms with Gasteiger partial charge in [-0.15, -0.1) is 0 Å². The summed E-state index contributed by atoms with van der Waals surface area (Å²) in [6.45, 7) is 0. The molecular formula is C10H17N5O2S. The van der Waals surface area contributed by atoms with Gasteiger partial charge in [0.15, 0.2) is 5.16 Å². The fourth-order valence-corrected chi connectivity index (χ4v) is 1.64. The molecule has 0 aromatic carbocycles. The van der Waals surface area contributed by atoms with Gasteiger partial charge >= 0.3 is 5.97 Å². The Morgan fingerprint density at radius 3 is 2.00 bits per heavy atom. The summed E-state index contributed by atoms with van der Waals surface area (Å²) in [5, 5.41) is 0.503. The number of nitrogens with zero attached hydrogens (tertiary/aromatic N) is 5. The molecule has 0 spiro atoms. The molecule has 0 aliphatic carbocycles. The first-order valence-corrected chi connectivity index (χ1v) is 6.23. The topological polar surface area (TPSA) is 71.5 Å². The van der Waals surface area contributed by atoms with E-state index in [0.717, 1.165) is 0 Å². The number of anilines is 2. The zero-order valence-electron chi connectivity index (χ0n) is 11.2. The monoisotopic (exact) mass is 271 g/mol. The van der Waals surface area contributed by atoms with E-state index in [2.05, 4.69) is 19.7 Å². The number of carbonyl (C=O) groups excluding carboxylic acids is 1. The van der Waals surface area contributed by atoms with Crippen molar-refractivity contribution < 1.29 is 9.53 Å². The number of thioether (sulfide) groups is 1. The van der Waals surface area contributed by atoms with Crippen LogP contribution in [0.25, 0.3) is 0 Å². The molecule has 0 saturated heterocycles. The number of hydrogen-bond acceptors (Lipinski definition) is 8. The number of carbonyl (C=O) groups is 1. The van der Waals surface area contributed by atoms with E-state index in [0.29, 0.717) is 17.1 Å². The second-order valence-electron chi connectivity index (χ2n) is 3.87. The van der Waals surface area contributed by atoms with Gasteiger partial charge in [0.05, 0.1) is 12.9 Å². The van der Waals surface area contributed by atoms with E-state index in [1.807, 2.05) is 28.2 Å². The van der Waals surface area contributed by atoms with Gasteiger partial charge in [0.2, 0.25) is 11.9 Å². The molecule has 0 fully saturated rings. The highest BCUT2D eigenvalue weighted by atomic mass is 32.2. The van der Waals surface area contributed by atoms with E-state index in [-0.39, 0.29) is 11.7 Å². The number of methoxy groups -OCH3 is 1. The van der Waals surface area contributed by atoms with Crippen molar-refractivity contribution in [2.24, 2.45) is 0 Å². The summed E-state index contributed by atoms with van der Waals surface area (Å²) in [6, 6.07) is 0. The van der Waals surface area contributed by atoms with E-state index in [9.17, 15) is 4.79 Å². The molecule has 0 atom stereocenters. The molecule has 0 aliphatic heterocycles. The minimum atomic E-state index is -0.307. The van der Waals surface area contributed by atoms with Gasteiger partial charge in [-0.2, -0.15) is 15.0 Å². The maximum atomic E-state index is 11.1. The molecule has 0 aliphatic rings. The van der Waals surface area contributed by atoms with Gasteiger partial charge in [0, 0.05) is 28.2 Å². The van der Waals surface area contributed by atoms with E-state index >= 15 is 0 Å². The summed E-state index contributed by atoms with van der Waals surface area (Å²) in [7, 11) is 8.76. The highest BCUT2D eigenvalue weighted by molar-refractivity contribution is 7.99. The Balaban J connectivity index is 2.92. The second kappa shape index (κ2) is 6.39. The Morgan fingerprint density at radius 2 is 1.61 bits per heavy atom. The molecule has 0 unspecified atom stereocenters. The molecule has 0 N–H and O–H groups in total. The number of aromatic nitrogens is 3. The van der Waals surface area contributed by atoms with Crippen molar-refractivity contribution in [3.8, 4) is 0 Å². The standard InChI is InChI=1S/C10H17N5O2S/c1-14(2)8-11-9(15(3)4)13-10(12-8)18-6-7(16)17-5/h6H2,1-5H3. The van der Waals surface area contributed by atoms with Crippen LogP contribution in [0.5, 0.6) is 0 Å². The van der Waals surface area contributed by atoms with Crippen LogP contribution in [0.15, 0.2) is 5.16 Å². The fourth-order valence-electron chi connectivity index (χ4n) is 0.982. The third-order valence-electron chi connectivity index (χ3n) is 1.94. The van der Waals surface area contributed by atoms with Crippen LogP contribution in [-0.4, -0.2) is 62.0 Å². The average molecular weight is 271 g/mol. The van der Waals surface area contributed by atoms with Gasteiger partial charge < -0.3 is 14.5 Å². The number of hydrogen-bond donors (Lipinski definition) is 0. The molecule has 1 aromatic rings. The lowest BCUT2D eigenvalue weighted by Gasteiger charge is -2.15. The molecule has 100 valence electrons. The Kier molecular flexibility index (Phi) is 5.14. The molecule has 1 aromatic heterocycles. The van der Waals surface area contributed by atoms with Crippen LogP contribution in [0.1, 0.15) is 0 Å². The first-order valence-electron chi connectivity index (χ1n) is 5.24. The average Bonchev–Trinajstić information content (AvgIpc) is 2.35. The Bertz CT molecular complexity index is 398. The maximum absolute atomic E-state index is 11.1. The zero-order valence-corrected chi connectivity index (χ0v) is 12.0. The first-order chi connectivity index (χ1) is 8.43. The molecule has 0 amide bonds. The van der Waals surface area contributed by atoms with Crippen molar-refractivity contribution >= 4 is 29.6 Å². The van der Waals surface area contributed by atoms with Crippen LogP contribution in [0, 0.1) is 0 Å². The SMILES string of the molecule is COC(=O)CSc1nc(N(C)C)nc(N(C)C)n1. The largest absolute Gasteiger partial charge is 0.468 e. The lowest BCUT2D eigenvalue weighted by atomic mass is 10.7. The molecular weight excluding hydrogens is 254 g/mol. The van der Waals surface area contributed by atoms with Gasteiger partial charge in [0.25, 0.3) is 0 Å². The van der Waals surface area contributed by atoms with Crippen LogP contribution < -0.4 is 9.80 Å². The summed E-state index contributed by atoms with van der Waals surface area (Å²) in [5.74, 6) is 0.987. The van der Waals surface area contributed by atoms with E-state index in [1.54, 1.807) is 9.80 Å². The van der Waals surface area contributed by atoms with E-state index in [1.165, 1.54) is 18.9 Å². The normalized spacial score (nSPS) is 10.1. The summed E-state index contributed by atoms with van der Waals surface area (Å²) in [5.41, 5.74) is 0. The predicted octanol–water partition coefficient (Wildman–Crippen LogP) is 0.269. The number of rotatable bonds is 5. The third-order valence-corrected chi connectivity index (χ3v) is 2.76. The molecule has 0 bridgehead atoms. The summed E-state index contributed by atoms with van der Waals surface area (Å²) in [4.78, 5) is 27.5. The molecule has 18 heavy (non-hydrogen) atoms.